The number of nitrogens with one attached hydrogen (secondary N) is 1. The fraction of sp³-hybridized carbons (Fsp3) is 0.375. The first-order chi connectivity index (χ1) is 9.83. The number of hydrogen-bond acceptors (Lipinski definition) is 3. The molecular formula is C16H20N2O2. The Labute approximate surface area is 119 Å². The van der Waals surface area contributed by atoms with Gasteiger partial charge in [-0.2, -0.15) is 0 Å². The molecule has 1 aromatic carbocycles. The number of rotatable bonds is 5. The van der Waals surface area contributed by atoms with Crippen molar-refractivity contribution in [3.63, 3.8) is 0 Å². The van der Waals surface area contributed by atoms with Crippen LogP contribution in [0.15, 0.2) is 36.5 Å². The van der Waals surface area contributed by atoms with E-state index in [1.807, 2.05) is 6.07 Å². The Hall–Kier alpha value is -1.94. The molecule has 0 radical (unpaired) electrons. The molecule has 0 saturated heterocycles. The number of aromatic nitrogens is 1. The second-order valence-corrected chi connectivity index (χ2v) is 5.02. The Bertz CT molecular complexity index is 578. The van der Waals surface area contributed by atoms with Crippen LogP contribution in [0.1, 0.15) is 11.3 Å². The van der Waals surface area contributed by atoms with Crippen LogP contribution in [0.3, 0.4) is 0 Å². The summed E-state index contributed by atoms with van der Waals surface area (Å²) in [5.41, 5.74) is 2.57. The van der Waals surface area contributed by atoms with Crippen LogP contribution in [-0.2, 0) is 20.0 Å². The standard InChI is InChI=1S/C16H20N2O2/c1-18-8-2-3-14(18)12-17-7-6-13-4-5-15-16(11-13)20-10-9-19-15/h2-5,8,11,17H,6-7,9-10,12H2,1H3. The van der Waals surface area contributed by atoms with Gasteiger partial charge < -0.3 is 19.4 Å². The van der Waals surface area contributed by atoms with Gasteiger partial charge in [-0.25, -0.2) is 0 Å². The lowest BCUT2D eigenvalue weighted by Crippen LogP contribution is -2.19. The van der Waals surface area contributed by atoms with Crippen LogP contribution >= 0.6 is 0 Å². The van der Waals surface area contributed by atoms with Crippen molar-refractivity contribution in [1.82, 2.24) is 9.88 Å². The lowest BCUT2D eigenvalue weighted by Gasteiger charge is -2.18. The fourth-order valence-electron chi connectivity index (χ4n) is 2.37. The molecule has 20 heavy (non-hydrogen) atoms. The highest BCUT2D eigenvalue weighted by Crippen LogP contribution is 2.30. The average molecular weight is 272 g/mol. The summed E-state index contributed by atoms with van der Waals surface area (Å²) in [6, 6.07) is 10.4. The summed E-state index contributed by atoms with van der Waals surface area (Å²) in [7, 11) is 2.07. The molecule has 1 N–H and O–H groups in total. The monoisotopic (exact) mass is 272 g/mol. The predicted octanol–water partition coefficient (Wildman–Crippen LogP) is 2.13. The Balaban J connectivity index is 1.50. The van der Waals surface area contributed by atoms with Gasteiger partial charge >= 0.3 is 0 Å². The van der Waals surface area contributed by atoms with Gasteiger partial charge in [0.1, 0.15) is 13.2 Å². The van der Waals surface area contributed by atoms with Crippen LogP contribution < -0.4 is 14.8 Å². The van der Waals surface area contributed by atoms with Crippen molar-refractivity contribution in [2.24, 2.45) is 7.05 Å². The molecule has 4 heteroatoms. The van der Waals surface area contributed by atoms with E-state index in [0.717, 1.165) is 31.0 Å². The second-order valence-electron chi connectivity index (χ2n) is 5.02. The zero-order chi connectivity index (χ0) is 13.8. The van der Waals surface area contributed by atoms with Crippen LogP contribution in [0.25, 0.3) is 0 Å². The van der Waals surface area contributed by atoms with Gasteiger partial charge in [0.25, 0.3) is 0 Å². The van der Waals surface area contributed by atoms with Crippen molar-refractivity contribution < 1.29 is 9.47 Å². The lowest BCUT2D eigenvalue weighted by atomic mass is 10.1. The molecule has 0 aliphatic carbocycles. The molecule has 0 bridgehead atoms. The molecule has 2 aromatic rings. The summed E-state index contributed by atoms with van der Waals surface area (Å²) in [5, 5.41) is 3.46. The van der Waals surface area contributed by atoms with Crippen LogP contribution in [0, 0.1) is 0 Å². The van der Waals surface area contributed by atoms with E-state index in [2.05, 4.69) is 47.4 Å². The van der Waals surface area contributed by atoms with E-state index in [1.165, 1.54) is 11.3 Å². The van der Waals surface area contributed by atoms with E-state index >= 15 is 0 Å². The van der Waals surface area contributed by atoms with E-state index < -0.39 is 0 Å². The Morgan fingerprint density at radius 2 is 2.00 bits per heavy atom. The molecule has 0 saturated carbocycles. The minimum Gasteiger partial charge on any atom is -0.486 e. The van der Waals surface area contributed by atoms with Crippen molar-refractivity contribution in [3.05, 3.63) is 47.8 Å². The van der Waals surface area contributed by atoms with E-state index in [4.69, 9.17) is 9.47 Å². The molecule has 3 rings (SSSR count). The van der Waals surface area contributed by atoms with Crippen LogP contribution in [0.4, 0.5) is 0 Å². The Kier molecular flexibility index (Phi) is 3.92. The molecule has 2 heterocycles. The summed E-state index contributed by atoms with van der Waals surface area (Å²) >= 11 is 0. The van der Waals surface area contributed by atoms with Crippen LogP contribution in [-0.4, -0.2) is 24.3 Å². The normalized spacial score (nSPS) is 13.4. The maximum atomic E-state index is 5.60. The smallest absolute Gasteiger partial charge is 0.161 e. The predicted molar refractivity (Wildman–Crippen MR) is 78.3 cm³/mol. The third-order valence-corrected chi connectivity index (χ3v) is 3.55. The number of ether oxygens (including phenoxy) is 2. The van der Waals surface area contributed by atoms with Gasteiger partial charge in [-0.15, -0.1) is 0 Å². The van der Waals surface area contributed by atoms with E-state index in [9.17, 15) is 0 Å². The molecule has 0 unspecified atom stereocenters. The number of aryl methyl sites for hydroxylation is 1. The summed E-state index contributed by atoms with van der Waals surface area (Å²) in [5.74, 6) is 1.73. The van der Waals surface area contributed by atoms with Gasteiger partial charge in [-0.1, -0.05) is 6.07 Å². The quantitative estimate of drug-likeness (QED) is 0.847. The molecule has 0 spiro atoms. The van der Waals surface area contributed by atoms with E-state index in [-0.39, 0.29) is 0 Å². The molecule has 0 atom stereocenters. The van der Waals surface area contributed by atoms with E-state index in [1.54, 1.807) is 0 Å². The molecule has 4 nitrogen and oxygen atoms in total. The number of hydrogen-bond donors (Lipinski definition) is 1. The molecule has 106 valence electrons. The first kappa shape index (κ1) is 13.1. The maximum absolute atomic E-state index is 5.60. The molecule has 1 aromatic heterocycles. The van der Waals surface area contributed by atoms with Gasteiger partial charge in [0.15, 0.2) is 11.5 Å². The van der Waals surface area contributed by atoms with Gasteiger partial charge in [0.2, 0.25) is 0 Å². The van der Waals surface area contributed by atoms with Gasteiger partial charge in [-0.3, -0.25) is 0 Å². The van der Waals surface area contributed by atoms with Crippen molar-refractivity contribution in [3.8, 4) is 11.5 Å². The summed E-state index contributed by atoms with van der Waals surface area (Å²) in [4.78, 5) is 0. The molecule has 0 fully saturated rings. The summed E-state index contributed by atoms with van der Waals surface area (Å²) in [6.07, 6.45) is 3.05. The van der Waals surface area contributed by atoms with Gasteiger partial charge in [0.05, 0.1) is 0 Å². The Morgan fingerprint density at radius 1 is 1.15 bits per heavy atom. The SMILES string of the molecule is Cn1cccc1CNCCc1ccc2c(c1)OCCO2. The second kappa shape index (κ2) is 6.01. The average Bonchev–Trinajstić information content (AvgIpc) is 2.89. The topological polar surface area (TPSA) is 35.4 Å². The molecule has 0 amide bonds. The number of nitrogens with zero attached hydrogens (tertiary/aromatic N) is 1. The number of fused-ring (bicyclic) bond motifs is 1. The first-order valence-corrected chi connectivity index (χ1v) is 7.02. The van der Waals surface area contributed by atoms with Gasteiger partial charge in [-0.05, 0) is 42.8 Å². The zero-order valence-electron chi connectivity index (χ0n) is 11.8. The highest BCUT2D eigenvalue weighted by Gasteiger charge is 2.11. The van der Waals surface area contributed by atoms with Gasteiger partial charge in [0, 0.05) is 25.5 Å². The minimum absolute atomic E-state index is 0.641. The molecule has 1 aliphatic heterocycles. The maximum Gasteiger partial charge on any atom is 0.161 e. The van der Waals surface area contributed by atoms with Crippen LogP contribution in [0.5, 0.6) is 11.5 Å². The van der Waals surface area contributed by atoms with Crippen molar-refractivity contribution >= 4 is 0 Å². The van der Waals surface area contributed by atoms with Crippen molar-refractivity contribution in [1.29, 1.82) is 0 Å². The summed E-state index contributed by atoms with van der Waals surface area (Å²) in [6.45, 7) is 3.13. The minimum atomic E-state index is 0.641. The summed E-state index contributed by atoms with van der Waals surface area (Å²) < 4.78 is 13.3. The largest absolute Gasteiger partial charge is 0.486 e. The van der Waals surface area contributed by atoms with Crippen LogP contribution in [0.2, 0.25) is 0 Å². The first-order valence-electron chi connectivity index (χ1n) is 7.02. The van der Waals surface area contributed by atoms with Crippen molar-refractivity contribution in [2.45, 2.75) is 13.0 Å². The highest BCUT2D eigenvalue weighted by atomic mass is 16.6. The highest BCUT2D eigenvalue weighted by molar-refractivity contribution is 5.43. The van der Waals surface area contributed by atoms with Crippen molar-refractivity contribution in [2.75, 3.05) is 19.8 Å². The zero-order valence-corrected chi connectivity index (χ0v) is 11.8. The Morgan fingerprint density at radius 3 is 2.80 bits per heavy atom. The third-order valence-electron chi connectivity index (χ3n) is 3.55. The molecule has 1 aliphatic rings. The van der Waals surface area contributed by atoms with E-state index in [0.29, 0.717) is 13.2 Å². The lowest BCUT2D eigenvalue weighted by molar-refractivity contribution is 0.171. The molecular weight excluding hydrogens is 252 g/mol. The third kappa shape index (κ3) is 2.96. The fourth-order valence-corrected chi connectivity index (χ4v) is 2.37. The number of benzene rings is 1.